The van der Waals surface area contributed by atoms with Crippen LogP contribution >= 0.6 is 0 Å². The van der Waals surface area contributed by atoms with Crippen molar-refractivity contribution in [1.82, 2.24) is 10.9 Å². The van der Waals surface area contributed by atoms with Gasteiger partial charge in [-0.05, 0) is 43.7 Å². The number of rotatable bonds is 6. The lowest BCUT2D eigenvalue weighted by atomic mass is 10.1. The van der Waals surface area contributed by atoms with Crippen LogP contribution in [0, 0.1) is 13.8 Å². The monoisotopic (exact) mass is 363 g/mol. The van der Waals surface area contributed by atoms with Crippen LogP contribution in [0.15, 0.2) is 42.5 Å². The summed E-state index contributed by atoms with van der Waals surface area (Å²) in [6.45, 7) is 0.868. The zero-order chi connectivity index (χ0) is 19.1. The maximum Gasteiger partial charge on any atom is 0.387 e. The fraction of sp³-hybridized carbons (Fsp3) is 0.222. The largest absolute Gasteiger partial charge is 0.435 e. The van der Waals surface area contributed by atoms with Gasteiger partial charge in [-0.2, -0.15) is 8.78 Å². The number of amides is 2. The molecule has 0 fully saturated rings. The Labute approximate surface area is 149 Å². The van der Waals surface area contributed by atoms with E-state index < -0.39 is 18.4 Å². The highest BCUT2D eigenvalue weighted by atomic mass is 19.3. The first-order valence-electron chi connectivity index (χ1n) is 7.80. The molecule has 2 aromatic carbocycles. The van der Waals surface area contributed by atoms with Crippen molar-refractivity contribution in [2.24, 2.45) is 0 Å². The molecular formula is C18H19F2N3O3. The van der Waals surface area contributed by atoms with E-state index in [0.717, 1.165) is 22.9 Å². The molecule has 0 unspecified atom stereocenters. The van der Waals surface area contributed by atoms with Crippen molar-refractivity contribution in [3.8, 4) is 5.75 Å². The molecule has 0 aromatic heterocycles. The third kappa shape index (κ3) is 5.73. The number of hydrogen-bond acceptors (Lipinski definition) is 4. The quantitative estimate of drug-likeness (QED) is 0.690. The summed E-state index contributed by atoms with van der Waals surface area (Å²) in [5, 5.41) is 2.97. The minimum atomic E-state index is -2.98. The molecule has 0 aliphatic carbocycles. The van der Waals surface area contributed by atoms with Crippen LogP contribution in [0.4, 0.5) is 14.5 Å². The van der Waals surface area contributed by atoms with E-state index in [1.807, 2.05) is 32.0 Å². The van der Waals surface area contributed by atoms with Crippen LogP contribution in [-0.4, -0.2) is 25.0 Å². The van der Waals surface area contributed by atoms with Crippen molar-refractivity contribution in [3.05, 3.63) is 59.2 Å². The molecule has 6 nitrogen and oxygen atoms in total. The van der Waals surface area contributed by atoms with Crippen molar-refractivity contribution >= 4 is 17.5 Å². The van der Waals surface area contributed by atoms with E-state index in [4.69, 9.17) is 0 Å². The average Bonchev–Trinajstić information content (AvgIpc) is 2.58. The number of carbonyl (C=O) groups excluding carboxylic acids is 2. The third-order valence-corrected chi connectivity index (χ3v) is 3.46. The highest BCUT2D eigenvalue weighted by molar-refractivity contribution is 5.96. The van der Waals surface area contributed by atoms with Crippen LogP contribution in [0.1, 0.15) is 21.5 Å². The molecular weight excluding hydrogens is 344 g/mol. The molecule has 0 spiro atoms. The summed E-state index contributed by atoms with van der Waals surface area (Å²) < 4.78 is 28.6. The Bertz CT molecular complexity index is 797. The van der Waals surface area contributed by atoms with Gasteiger partial charge in [-0.25, -0.2) is 0 Å². The van der Waals surface area contributed by atoms with Crippen molar-refractivity contribution in [1.29, 1.82) is 0 Å². The zero-order valence-electron chi connectivity index (χ0n) is 14.3. The van der Waals surface area contributed by atoms with Gasteiger partial charge in [0.25, 0.3) is 11.8 Å². The lowest BCUT2D eigenvalue weighted by Crippen LogP contribution is -2.44. The minimum absolute atomic E-state index is 0.0429. The van der Waals surface area contributed by atoms with E-state index in [1.165, 1.54) is 18.2 Å². The van der Waals surface area contributed by atoms with E-state index in [9.17, 15) is 18.4 Å². The van der Waals surface area contributed by atoms with Gasteiger partial charge in [-0.3, -0.25) is 20.4 Å². The summed E-state index contributed by atoms with van der Waals surface area (Å²) >= 11 is 0. The summed E-state index contributed by atoms with van der Waals surface area (Å²) in [6.07, 6.45) is 0. The molecule has 0 bridgehead atoms. The van der Waals surface area contributed by atoms with Crippen LogP contribution in [0.25, 0.3) is 0 Å². The number of nitrogens with one attached hydrogen (secondary N) is 3. The van der Waals surface area contributed by atoms with Crippen molar-refractivity contribution in [3.63, 3.8) is 0 Å². The summed E-state index contributed by atoms with van der Waals surface area (Å²) in [5.41, 5.74) is 7.47. The minimum Gasteiger partial charge on any atom is -0.435 e. The normalized spacial score (nSPS) is 10.3. The molecule has 8 heteroatoms. The molecule has 138 valence electrons. The summed E-state index contributed by atoms with van der Waals surface area (Å²) in [6, 6.07) is 11.0. The second-order valence-electron chi connectivity index (χ2n) is 5.58. The lowest BCUT2D eigenvalue weighted by molar-refractivity contribution is -0.120. The van der Waals surface area contributed by atoms with E-state index in [0.29, 0.717) is 0 Å². The maximum atomic E-state index is 12.2. The van der Waals surface area contributed by atoms with Gasteiger partial charge >= 0.3 is 6.61 Å². The summed E-state index contributed by atoms with van der Waals surface area (Å²) in [4.78, 5) is 23.8. The van der Waals surface area contributed by atoms with E-state index in [1.54, 1.807) is 0 Å². The molecule has 26 heavy (non-hydrogen) atoms. The maximum absolute atomic E-state index is 12.2. The summed E-state index contributed by atoms with van der Waals surface area (Å²) in [5.74, 6) is -1.25. The number of hydrazine groups is 1. The highest BCUT2D eigenvalue weighted by Gasteiger charge is 2.10. The van der Waals surface area contributed by atoms with Crippen LogP contribution in [0.5, 0.6) is 5.75 Å². The second-order valence-corrected chi connectivity index (χ2v) is 5.58. The molecule has 0 saturated heterocycles. The Morgan fingerprint density at radius 2 is 1.85 bits per heavy atom. The van der Waals surface area contributed by atoms with E-state index >= 15 is 0 Å². The highest BCUT2D eigenvalue weighted by Crippen LogP contribution is 2.16. The lowest BCUT2D eigenvalue weighted by Gasteiger charge is -2.11. The molecule has 2 amide bonds. The van der Waals surface area contributed by atoms with Gasteiger partial charge in [-0.15, -0.1) is 0 Å². The smallest absolute Gasteiger partial charge is 0.387 e. The van der Waals surface area contributed by atoms with Gasteiger partial charge in [0.15, 0.2) is 0 Å². The molecule has 0 aliphatic rings. The molecule has 0 aliphatic heterocycles. The van der Waals surface area contributed by atoms with Gasteiger partial charge < -0.3 is 10.1 Å². The third-order valence-electron chi connectivity index (χ3n) is 3.46. The molecule has 0 atom stereocenters. The number of anilines is 1. The predicted octanol–water partition coefficient (Wildman–Crippen LogP) is 2.78. The first kappa shape index (κ1) is 19.2. The number of aryl methyl sites for hydroxylation is 2. The molecule has 3 N–H and O–H groups in total. The SMILES string of the molecule is Cc1ccc(NCC(=O)NNC(=O)c2cccc(OC(F)F)c2)c(C)c1. The number of benzene rings is 2. The molecule has 2 aromatic rings. The average molecular weight is 363 g/mol. The molecule has 0 radical (unpaired) electrons. The number of alkyl halides is 2. The van der Waals surface area contributed by atoms with Crippen LogP contribution in [0.2, 0.25) is 0 Å². The van der Waals surface area contributed by atoms with Crippen LogP contribution < -0.4 is 20.9 Å². The predicted molar refractivity (Wildman–Crippen MR) is 93.1 cm³/mol. The van der Waals surface area contributed by atoms with E-state index in [2.05, 4.69) is 20.9 Å². The van der Waals surface area contributed by atoms with Crippen molar-refractivity contribution in [2.45, 2.75) is 20.5 Å². The Balaban J connectivity index is 1.84. The van der Waals surface area contributed by atoms with Crippen LogP contribution in [0.3, 0.4) is 0 Å². The standard InChI is InChI=1S/C18H19F2N3O3/c1-11-6-7-15(12(2)8-11)21-10-16(24)22-23-17(25)13-4-3-5-14(9-13)26-18(19)20/h3-9,18,21H,10H2,1-2H3,(H,22,24)(H,23,25). The zero-order valence-corrected chi connectivity index (χ0v) is 14.3. The van der Waals surface area contributed by atoms with Gasteiger partial charge in [0.05, 0.1) is 6.54 Å². The number of carbonyl (C=O) groups is 2. The first-order chi connectivity index (χ1) is 12.3. The first-order valence-corrected chi connectivity index (χ1v) is 7.80. The Hall–Kier alpha value is -3.16. The van der Waals surface area contributed by atoms with E-state index in [-0.39, 0.29) is 17.9 Å². The molecule has 0 saturated carbocycles. The molecule has 0 heterocycles. The van der Waals surface area contributed by atoms with Crippen molar-refractivity contribution in [2.75, 3.05) is 11.9 Å². The Morgan fingerprint density at radius 1 is 1.08 bits per heavy atom. The van der Waals surface area contributed by atoms with Crippen molar-refractivity contribution < 1.29 is 23.1 Å². The van der Waals surface area contributed by atoms with Gasteiger partial charge in [-0.1, -0.05) is 23.8 Å². The topological polar surface area (TPSA) is 79.5 Å². The fourth-order valence-electron chi connectivity index (χ4n) is 2.24. The van der Waals surface area contributed by atoms with Gasteiger partial charge in [0.2, 0.25) is 0 Å². The number of ether oxygens (including phenoxy) is 1. The number of halogens is 2. The van der Waals surface area contributed by atoms with Gasteiger partial charge in [0, 0.05) is 11.3 Å². The van der Waals surface area contributed by atoms with Crippen LogP contribution in [-0.2, 0) is 4.79 Å². The molecule has 2 rings (SSSR count). The summed E-state index contributed by atoms with van der Waals surface area (Å²) in [7, 11) is 0. The number of hydrogen-bond donors (Lipinski definition) is 3. The Morgan fingerprint density at radius 3 is 2.54 bits per heavy atom. The second kappa shape index (κ2) is 8.80. The fourth-order valence-corrected chi connectivity index (χ4v) is 2.24. The Kier molecular flexibility index (Phi) is 6.48. The van der Waals surface area contributed by atoms with Gasteiger partial charge in [0.1, 0.15) is 5.75 Å².